The number of nitrogens with zero attached hydrogens (tertiary/aromatic N) is 6. The van der Waals surface area contributed by atoms with Crippen molar-refractivity contribution in [1.82, 2.24) is 29.9 Å². The van der Waals surface area contributed by atoms with Crippen molar-refractivity contribution in [3.63, 3.8) is 0 Å². The van der Waals surface area contributed by atoms with Crippen LogP contribution in [0, 0.1) is 0 Å². The van der Waals surface area contributed by atoms with Gasteiger partial charge in [0.15, 0.2) is 40.6 Å². The monoisotopic (exact) mass is 1410 g/mol. The van der Waals surface area contributed by atoms with Crippen LogP contribution in [0.4, 0.5) is 2.86 Å². The molecule has 0 unspecified atom stereocenters. The highest BCUT2D eigenvalue weighted by atomic mass is 127. The van der Waals surface area contributed by atoms with Gasteiger partial charge in [-0.25, -0.2) is 4.98 Å². The fourth-order valence-corrected chi connectivity index (χ4v) is 13.9. The van der Waals surface area contributed by atoms with E-state index in [4.69, 9.17) is 44.8 Å². The molecule has 0 bridgehead atoms. The second kappa shape index (κ2) is 29.2. The van der Waals surface area contributed by atoms with Crippen molar-refractivity contribution in [2.75, 3.05) is 0 Å². The van der Waals surface area contributed by atoms with Crippen LogP contribution in [0.3, 0.4) is 0 Å². The van der Waals surface area contributed by atoms with Crippen molar-refractivity contribution in [2.45, 2.75) is 18.3 Å². The Hall–Kier alpha value is -9.83. The summed E-state index contributed by atoms with van der Waals surface area (Å²) in [5, 5.41) is 20.5. The molecule has 16 rings (SSSR count). The molecule has 2 aliphatic carbocycles. The number of fused-ring (bicyclic) bond motifs is 6. The smallest absolute Gasteiger partial charge is 0.423 e. The Balaban J connectivity index is 0.000000145. The molecule has 2 aliphatic rings. The van der Waals surface area contributed by atoms with Crippen LogP contribution < -0.4 is 5.46 Å². The van der Waals surface area contributed by atoms with E-state index in [2.05, 4.69) is 220 Å². The fraction of sp³-hybridized carbons (Fsp3) is 0.0370. The molecule has 0 radical (unpaired) electrons. The van der Waals surface area contributed by atoms with Crippen molar-refractivity contribution in [3.05, 3.63) is 376 Å². The third kappa shape index (κ3) is 12.6. The summed E-state index contributed by atoms with van der Waals surface area (Å²) in [6.07, 6.45) is 0. The van der Waals surface area contributed by atoms with Gasteiger partial charge in [0, 0.05) is 16.7 Å². The zero-order valence-corrected chi connectivity index (χ0v) is 54.5. The Morgan fingerprint density at radius 2 is 0.579 bits per heavy atom. The largest absolute Gasteiger partial charge is 0.489 e. The molecule has 0 spiro atoms. The van der Waals surface area contributed by atoms with Gasteiger partial charge in [-0.1, -0.05) is 311 Å². The van der Waals surface area contributed by atoms with Gasteiger partial charge in [0.2, 0.25) is 15.9 Å². The van der Waals surface area contributed by atoms with E-state index in [0.717, 1.165) is 83.5 Å². The van der Waals surface area contributed by atoms with E-state index in [-0.39, 0.29) is 23.3 Å². The molecule has 2 aromatic heterocycles. The number of benzene rings is 12. The average Bonchev–Trinajstić information content (AvgIpc) is 1.55. The van der Waals surface area contributed by atoms with E-state index in [0.29, 0.717) is 46.1 Å². The van der Waals surface area contributed by atoms with Gasteiger partial charge in [0.05, 0.1) is 10.8 Å². The maximum absolute atomic E-state index is 10.1. The van der Waals surface area contributed by atoms with Gasteiger partial charge in [0.25, 0.3) is 0 Å². The van der Waals surface area contributed by atoms with Crippen molar-refractivity contribution in [1.29, 1.82) is 0 Å². The van der Waals surface area contributed by atoms with Crippen LogP contribution in [-0.2, 0) is 10.8 Å². The summed E-state index contributed by atoms with van der Waals surface area (Å²) in [5.41, 5.74) is 20.3. The van der Waals surface area contributed by atoms with Gasteiger partial charge in [-0.15, -0.1) is 0 Å². The minimum absolute atomic E-state index is 0. The summed E-state index contributed by atoms with van der Waals surface area (Å²) in [7, 11) is -1.52. The zero-order chi connectivity index (χ0) is 64.6. The van der Waals surface area contributed by atoms with E-state index in [1.54, 1.807) is 6.07 Å². The first kappa shape index (κ1) is 65.2. The molecular formula is C81H58BCl3FIN6O2. The first-order valence-electron chi connectivity index (χ1n) is 30.2. The van der Waals surface area contributed by atoms with Crippen LogP contribution in [0.25, 0.3) is 78.7 Å². The van der Waals surface area contributed by atoms with Crippen LogP contribution in [0.1, 0.15) is 51.9 Å². The summed E-state index contributed by atoms with van der Waals surface area (Å²) in [6, 6.07) is 108. The third-order valence-corrected chi connectivity index (χ3v) is 17.7. The molecule has 8 nitrogen and oxygen atoms in total. The van der Waals surface area contributed by atoms with E-state index in [9.17, 15) is 12.9 Å². The zero-order valence-electron chi connectivity index (χ0n) is 50.1. The Bertz CT molecular complexity index is 4870. The third-order valence-electron chi connectivity index (χ3n) is 17.2. The number of halogens is 5. The lowest BCUT2D eigenvalue weighted by Crippen LogP contribution is -2.33. The average molecular weight is 1410 g/mol. The van der Waals surface area contributed by atoms with Gasteiger partial charge in [-0.05, 0) is 141 Å². The highest BCUT2D eigenvalue weighted by Gasteiger charge is 2.48. The Labute approximate surface area is 581 Å². The Morgan fingerprint density at radius 3 is 1.01 bits per heavy atom. The first-order chi connectivity index (χ1) is 46.2. The van der Waals surface area contributed by atoms with E-state index >= 15 is 0 Å². The van der Waals surface area contributed by atoms with Crippen LogP contribution >= 0.6 is 58.0 Å². The van der Waals surface area contributed by atoms with Gasteiger partial charge in [0.1, 0.15) is 0 Å². The van der Waals surface area contributed by atoms with E-state index < -0.39 is 17.9 Å². The molecule has 2 N–H and O–H groups in total. The highest BCUT2D eigenvalue weighted by molar-refractivity contribution is 14.1. The van der Waals surface area contributed by atoms with Crippen LogP contribution in [0.15, 0.2) is 315 Å². The molecule has 14 aromatic rings. The van der Waals surface area contributed by atoms with E-state index in [1.165, 1.54) is 22.3 Å². The van der Waals surface area contributed by atoms with Crippen LogP contribution in [-0.4, -0.2) is 47.1 Å². The molecule has 0 atom stereocenters. The van der Waals surface area contributed by atoms with Gasteiger partial charge < -0.3 is 10.0 Å². The second-order valence-corrected chi connectivity index (χ2v) is 23.3. The van der Waals surface area contributed by atoms with Crippen LogP contribution in [0.2, 0.25) is 15.9 Å². The van der Waals surface area contributed by atoms with Gasteiger partial charge >= 0.3 is 7.12 Å². The minimum Gasteiger partial charge on any atom is -0.423 e. The molecule has 0 fully saturated rings. The lowest BCUT2D eigenvalue weighted by molar-refractivity contribution is 0.426. The predicted molar refractivity (Wildman–Crippen MR) is 395 cm³/mol. The van der Waals surface area contributed by atoms with E-state index in [1.807, 2.05) is 109 Å². The molecule has 0 aliphatic heterocycles. The summed E-state index contributed by atoms with van der Waals surface area (Å²) >= 11 is 18.9. The normalized spacial score (nSPS) is 12.2. The number of rotatable bonds is 10. The quantitative estimate of drug-likeness (QED) is 0.103. The van der Waals surface area contributed by atoms with Crippen molar-refractivity contribution in [2.24, 2.45) is 0 Å². The van der Waals surface area contributed by atoms with Crippen molar-refractivity contribution < 1.29 is 12.9 Å². The molecular weight excluding hydrogens is 1350 g/mol. The molecule has 95 heavy (non-hydrogen) atoms. The molecule has 0 saturated carbocycles. The Morgan fingerprint density at radius 1 is 0.284 bits per heavy atom. The summed E-state index contributed by atoms with van der Waals surface area (Å²) < 4.78 is 9.47. The maximum atomic E-state index is 10.1. The second-order valence-electron chi connectivity index (χ2n) is 22.3. The number of aromatic nitrogens is 6. The summed E-state index contributed by atoms with van der Waals surface area (Å²) in [4.78, 5) is 26.3. The van der Waals surface area contributed by atoms with Gasteiger partial charge in [-0.3, -0.25) is 0 Å². The minimum atomic E-state index is -1.52. The summed E-state index contributed by atoms with van der Waals surface area (Å²) in [5.74, 6) is 1.56. The summed E-state index contributed by atoms with van der Waals surface area (Å²) in [6.45, 7) is 0. The number of hydrogen-bond acceptors (Lipinski definition) is 8. The predicted octanol–water partition coefficient (Wildman–Crippen LogP) is 20.1. The molecule has 14 heteroatoms. The molecule has 12 aromatic carbocycles. The highest BCUT2D eigenvalue weighted by Crippen LogP contribution is 2.59. The SMILES string of the molecule is C.Clc1nc(-c2cccc(-c3ccccc3)c2)nc(-c2cccc3c2-c2ccccc2C3(c2ccccc2)c2ccccc2)n1.Clc1nc(Cl)nc(-c2cccc(-c3ccccc3)c2)n1.FI.OB(O)c1cccc2c1-c1ccccc1C2(c1ccccc1)c1ccccc1. The fourth-order valence-electron chi connectivity index (χ4n) is 13.4. The molecule has 0 saturated heterocycles. The van der Waals surface area contributed by atoms with Crippen molar-refractivity contribution in [3.8, 4) is 78.7 Å². The number of hydrogen-bond donors (Lipinski definition) is 2. The first-order valence-corrected chi connectivity index (χ1v) is 32.1. The topological polar surface area (TPSA) is 118 Å². The molecule has 2 heterocycles. The Kier molecular flexibility index (Phi) is 20.1. The maximum Gasteiger partial charge on any atom is 0.489 e. The molecule has 0 amide bonds. The lowest BCUT2D eigenvalue weighted by atomic mass is 9.66. The van der Waals surface area contributed by atoms with Crippen molar-refractivity contribution >= 4 is 70.5 Å². The standard InChI is InChI=1S/C40H26ClN3.C25H19BO2.C15H9Cl2N3.CH4.FI/c41-39-43-37(29-17-12-16-28(26-29)27-14-4-1-5-15-27)42-38(44-39)33-23-13-25-35-36(33)32-22-10-11-24-34(32)40(35,30-18-6-2-7-19-30)31-20-8-3-9-21-31;27-26(28)23-17-9-16-22-24(23)20-14-7-8-15-21(20)25(22,18-10-3-1-4-11-18)19-12-5-2-6-13-19;16-14-18-13(19-15(17)20-14)12-8-4-7-11(9-12)10-5-2-1-3-6-10;;1-2/h1-26H;1-17,27-28H;1-9H;1H4;. The van der Waals surface area contributed by atoms with Gasteiger partial charge in [-0.2, -0.15) is 27.8 Å². The van der Waals surface area contributed by atoms with Crippen LogP contribution in [0.5, 0.6) is 0 Å². The lowest BCUT2D eigenvalue weighted by Gasteiger charge is -2.33. The molecule has 462 valence electrons.